The van der Waals surface area contributed by atoms with Crippen LogP contribution in [-0.2, 0) is 0 Å². The zero-order chi connectivity index (χ0) is 12.7. The topological polar surface area (TPSA) is 58.3 Å². The summed E-state index contributed by atoms with van der Waals surface area (Å²) in [7, 11) is 2.26. The van der Waals surface area contributed by atoms with Gasteiger partial charge in [-0.25, -0.2) is 4.98 Å². The highest BCUT2D eigenvalue weighted by Gasteiger charge is 2.35. The van der Waals surface area contributed by atoms with Crippen LogP contribution in [-0.4, -0.2) is 47.1 Å². The van der Waals surface area contributed by atoms with Gasteiger partial charge < -0.3 is 10.6 Å². The predicted molar refractivity (Wildman–Crippen MR) is 72.6 cm³/mol. The molecule has 0 aliphatic carbocycles. The summed E-state index contributed by atoms with van der Waals surface area (Å²) in [5, 5.41) is 0. The van der Waals surface area contributed by atoms with E-state index >= 15 is 0 Å². The van der Waals surface area contributed by atoms with Gasteiger partial charge in [0.2, 0.25) is 5.95 Å². The zero-order valence-electron chi connectivity index (χ0n) is 11.1. The lowest BCUT2D eigenvalue weighted by molar-refractivity contribution is 0.254. The predicted octanol–water partition coefficient (Wildman–Crippen LogP) is 1.04. The second-order valence-corrected chi connectivity index (χ2v) is 5.52. The van der Waals surface area contributed by atoms with Crippen LogP contribution in [0.2, 0.25) is 0 Å². The molecule has 2 N–H and O–H groups in total. The minimum Gasteiger partial charge on any atom is -0.368 e. The molecule has 5 nitrogen and oxygen atoms in total. The first-order chi connectivity index (χ1) is 8.65. The molecule has 18 heavy (non-hydrogen) atoms. The van der Waals surface area contributed by atoms with Gasteiger partial charge in [-0.05, 0) is 33.2 Å². The van der Waals surface area contributed by atoms with Gasteiger partial charge in [0.05, 0.1) is 0 Å². The van der Waals surface area contributed by atoms with Crippen LogP contribution in [0.1, 0.15) is 24.8 Å². The molecular formula is C13H21N5. The normalized spacial score (nSPS) is 28.4. The number of likely N-dealkylation sites (N-methyl/N-ethyl adjacent to an activating group) is 1. The first-order valence-corrected chi connectivity index (χ1v) is 6.71. The van der Waals surface area contributed by atoms with Crippen molar-refractivity contribution in [1.82, 2.24) is 14.9 Å². The lowest BCUT2D eigenvalue weighted by Gasteiger charge is -2.27. The molecule has 2 saturated heterocycles. The summed E-state index contributed by atoms with van der Waals surface area (Å²) in [5.41, 5.74) is 6.83. The molecule has 0 radical (unpaired) electrons. The number of rotatable bonds is 1. The summed E-state index contributed by atoms with van der Waals surface area (Å²) in [6, 6.07) is 1.41. The van der Waals surface area contributed by atoms with Crippen molar-refractivity contribution < 1.29 is 0 Å². The van der Waals surface area contributed by atoms with Gasteiger partial charge >= 0.3 is 0 Å². The van der Waals surface area contributed by atoms with E-state index in [4.69, 9.17) is 5.73 Å². The largest absolute Gasteiger partial charge is 0.368 e. The summed E-state index contributed by atoms with van der Waals surface area (Å²) in [6.07, 6.45) is 5.69. The van der Waals surface area contributed by atoms with E-state index in [1.807, 2.05) is 6.20 Å². The fraction of sp³-hybridized carbons (Fsp3) is 0.692. The third kappa shape index (κ3) is 1.92. The molecular weight excluding hydrogens is 226 g/mol. The summed E-state index contributed by atoms with van der Waals surface area (Å²) >= 11 is 0. The Morgan fingerprint density at radius 3 is 2.89 bits per heavy atom. The number of nitrogen functional groups attached to an aromatic ring is 1. The molecule has 2 aliphatic rings. The first kappa shape index (κ1) is 11.7. The van der Waals surface area contributed by atoms with Crippen molar-refractivity contribution in [2.24, 2.45) is 0 Å². The molecule has 2 atom stereocenters. The Kier molecular flexibility index (Phi) is 2.86. The van der Waals surface area contributed by atoms with Gasteiger partial charge in [0, 0.05) is 36.9 Å². The van der Waals surface area contributed by atoms with Crippen LogP contribution in [0, 0.1) is 6.92 Å². The molecule has 5 heteroatoms. The maximum Gasteiger partial charge on any atom is 0.221 e. The molecule has 3 heterocycles. The first-order valence-electron chi connectivity index (χ1n) is 6.71. The summed E-state index contributed by atoms with van der Waals surface area (Å²) < 4.78 is 0. The van der Waals surface area contributed by atoms with Crippen molar-refractivity contribution in [2.75, 3.05) is 30.8 Å². The highest BCUT2D eigenvalue weighted by Crippen LogP contribution is 2.31. The van der Waals surface area contributed by atoms with Gasteiger partial charge in [-0.1, -0.05) is 0 Å². The molecule has 2 fully saturated rings. The molecule has 0 amide bonds. The number of nitrogens with zero attached hydrogens (tertiary/aromatic N) is 4. The van der Waals surface area contributed by atoms with Crippen LogP contribution in [0.3, 0.4) is 0 Å². The van der Waals surface area contributed by atoms with E-state index < -0.39 is 0 Å². The third-order valence-corrected chi connectivity index (χ3v) is 4.41. The van der Waals surface area contributed by atoms with Gasteiger partial charge in [-0.15, -0.1) is 0 Å². The minimum atomic E-state index is 0.373. The highest BCUT2D eigenvalue weighted by atomic mass is 15.3. The molecule has 3 rings (SSSR count). The maximum atomic E-state index is 5.72. The third-order valence-electron chi connectivity index (χ3n) is 4.41. The van der Waals surface area contributed by atoms with Crippen molar-refractivity contribution >= 4 is 11.8 Å². The van der Waals surface area contributed by atoms with E-state index in [1.54, 1.807) is 0 Å². The van der Waals surface area contributed by atoms with Gasteiger partial charge in [0.25, 0.3) is 0 Å². The lowest BCUT2D eigenvalue weighted by Crippen LogP contribution is -2.37. The molecule has 2 unspecified atom stereocenters. The van der Waals surface area contributed by atoms with Gasteiger partial charge in [-0.2, -0.15) is 4.98 Å². The smallest absolute Gasteiger partial charge is 0.221 e. The Morgan fingerprint density at radius 2 is 2.06 bits per heavy atom. The van der Waals surface area contributed by atoms with Crippen molar-refractivity contribution in [3.63, 3.8) is 0 Å². The monoisotopic (exact) mass is 247 g/mol. The standard InChI is InChI=1S/C13H21N5/c1-9-7-15-13(14)16-12(9)18-6-5-10-3-4-11(8-18)17(10)2/h7,10-11H,3-6,8H2,1-2H3,(H2,14,15,16). The van der Waals surface area contributed by atoms with Crippen molar-refractivity contribution in [2.45, 2.75) is 38.3 Å². The number of hydrogen-bond donors (Lipinski definition) is 1. The van der Waals surface area contributed by atoms with Crippen LogP contribution < -0.4 is 10.6 Å². The van der Waals surface area contributed by atoms with Gasteiger partial charge in [0.15, 0.2) is 0 Å². The number of aryl methyl sites for hydroxylation is 1. The molecule has 0 spiro atoms. The number of aromatic nitrogens is 2. The Bertz CT molecular complexity index is 447. The molecule has 0 aromatic carbocycles. The quantitative estimate of drug-likeness (QED) is 0.803. The molecule has 98 valence electrons. The minimum absolute atomic E-state index is 0.373. The van der Waals surface area contributed by atoms with Gasteiger partial charge in [0.1, 0.15) is 5.82 Å². The maximum absolute atomic E-state index is 5.72. The Hall–Kier alpha value is -1.36. The Labute approximate surface area is 108 Å². The van der Waals surface area contributed by atoms with E-state index in [0.717, 1.165) is 30.5 Å². The van der Waals surface area contributed by atoms with Crippen molar-refractivity contribution in [3.05, 3.63) is 11.8 Å². The number of anilines is 2. The van der Waals surface area contributed by atoms with E-state index in [1.165, 1.54) is 19.3 Å². The fourth-order valence-electron chi connectivity index (χ4n) is 3.27. The van der Waals surface area contributed by atoms with Crippen LogP contribution in [0.25, 0.3) is 0 Å². The van der Waals surface area contributed by atoms with Crippen LogP contribution in [0.4, 0.5) is 11.8 Å². The molecule has 1 aromatic heterocycles. The van der Waals surface area contributed by atoms with Crippen molar-refractivity contribution in [1.29, 1.82) is 0 Å². The SMILES string of the molecule is Cc1cnc(N)nc1N1CCC2CCC(C1)N2C. The fourth-order valence-corrected chi connectivity index (χ4v) is 3.27. The second-order valence-electron chi connectivity index (χ2n) is 5.52. The summed E-state index contributed by atoms with van der Waals surface area (Å²) in [6.45, 7) is 4.19. The Balaban J connectivity index is 1.87. The van der Waals surface area contributed by atoms with Crippen LogP contribution >= 0.6 is 0 Å². The summed E-state index contributed by atoms with van der Waals surface area (Å²) in [5.74, 6) is 1.39. The molecule has 2 bridgehead atoms. The van der Waals surface area contributed by atoms with E-state index in [0.29, 0.717) is 12.0 Å². The van der Waals surface area contributed by atoms with Crippen molar-refractivity contribution in [3.8, 4) is 0 Å². The average molecular weight is 247 g/mol. The van der Waals surface area contributed by atoms with Gasteiger partial charge in [-0.3, -0.25) is 4.90 Å². The van der Waals surface area contributed by atoms with E-state index in [-0.39, 0.29) is 0 Å². The molecule has 1 aromatic rings. The number of hydrogen-bond acceptors (Lipinski definition) is 5. The average Bonchev–Trinajstić information content (AvgIpc) is 2.57. The molecule has 0 saturated carbocycles. The number of nitrogens with two attached hydrogens (primary N) is 1. The second kappa shape index (κ2) is 4.39. The van der Waals surface area contributed by atoms with Crippen LogP contribution in [0.15, 0.2) is 6.20 Å². The van der Waals surface area contributed by atoms with Crippen LogP contribution in [0.5, 0.6) is 0 Å². The Morgan fingerprint density at radius 1 is 1.28 bits per heavy atom. The lowest BCUT2D eigenvalue weighted by atomic mass is 10.1. The number of fused-ring (bicyclic) bond motifs is 2. The zero-order valence-corrected chi connectivity index (χ0v) is 11.1. The highest BCUT2D eigenvalue weighted by molar-refractivity contribution is 5.48. The van der Waals surface area contributed by atoms with E-state index in [9.17, 15) is 0 Å². The summed E-state index contributed by atoms with van der Waals surface area (Å²) in [4.78, 5) is 13.4. The molecule has 2 aliphatic heterocycles. The van der Waals surface area contributed by atoms with E-state index in [2.05, 4.69) is 33.7 Å².